The van der Waals surface area contributed by atoms with E-state index < -0.39 is 18.0 Å². The monoisotopic (exact) mass is 279 g/mol. The van der Waals surface area contributed by atoms with Crippen LogP contribution in [0.15, 0.2) is 12.1 Å². The molecule has 1 heterocycles. The number of pyridine rings is 1. The van der Waals surface area contributed by atoms with Crippen LogP contribution in [0.25, 0.3) is 0 Å². The van der Waals surface area contributed by atoms with Crippen molar-refractivity contribution in [3.05, 3.63) is 28.5 Å². The molecule has 1 aliphatic rings. The van der Waals surface area contributed by atoms with Crippen molar-refractivity contribution in [1.29, 1.82) is 0 Å². The van der Waals surface area contributed by atoms with Crippen molar-refractivity contribution in [3.8, 4) is 0 Å². The van der Waals surface area contributed by atoms with Gasteiger partial charge in [-0.25, -0.2) is 4.98 Å². The first-order chi connectivity index (χ1) is 8.39. The van der Waals surface area contributed by atoms with Gasteiger partial charge >= 0.3 is 6.18 Å². The van der Waals surface area contributed by atoms with E-state index in [1.54, 1.807) is 0 Å². The summed E-state index contributed by atoms with van der Waals surface area (Å²) in [4.78, 5) is 3.32. The number of nitrogens with zero attached hydrogens (tertiary/aromatic N) is 1. The highest BCUT2D eigenvalue weighted by atomic mass is 35.5. The minimum Gasteiger partial charge on any atom is -0.388 e. The lowest BCUT2D eigenvalue weighted by Gasteiger charge is -2.19. The Labute approximate surface area is 108 Å². The quantitative estimate of drug-likeness (QED) is 0.831. The first-order valence-electron chi connectivity index (χ1n) is 5.81. The normalized spacial score (nSPS) is 19.2. The molecular formula is C12H13ClF3NO. The second-order valence-corrected chi connectivity index (χ2v) is 4.92. The third-order valence-corrected chi connectivity index (χ3v) is 3.64. The molecule has 6 heteroatoms. The highest BCUT2D eigenvalue weighted by Crippen LogP contribution is 2.38. The molecule has 2 rings (SSSR count). The third kappa shape index (κ3) is 2.78. The molecule has 0 aliphatic heterocycles. The van der Waals surface area contributed by atoms with Gasteiger partial charge in [0.25, 0.3) is 0 Å². The second-order valence-electron chi connectivity index (χ2n) is 4.56. The Morgan fingerprint density at radius 2 is 1.89 bits per heavy atom. The molecule has 1 aliphatic carbocycles. The van der Waals surface area contributed by atoms with Gasteiger partial charge in [0.1, 0.15) is 10.8 Å². The first kappa shape index (κ1) is 13.6. The van der Waals surface area contributed by atoms with Gasteiger partial charge in [0.05, 0.1) is 6.10 Å². The Bertz CT molecular complexity index is 430. The van der Waals surface area contributed by atoms with Crippen molar-refractivity contribution in [2.75, 3.05) is 0 Å². The summed E-state index contributed by atoms with van der Waals surface area (Å²) in [6.07, 6.45) is -1.52. The zero-order valence-electron chi connectivity index (χ0n) is 9.54. The molecule has 0 radical (unpaired) electrons. The Hall–Kier alpha value is -0.810. The predicted molar refractivity (Wildman–Crippen MR) is 61.2 cm³/mol. The van der Waals surface area contributed by atoms with Crippen LogP contribution in [0.2, 0.25) is 5.15 Å². The van der Waals surface area contributed by atoms with E-state index in [1.165, 1.54) is 6.07 Å². The second kappa shape index (κ2) is 5.05. The van der Waals surface area contributed by atoms with Gasteiger partial charge in [0, 0.05) is 5.56 Å². The van der Waals surface area contributed by atoms with E-state index in [0.29, 0.717) is 0 Å². The van der Waals surface area contributed by atoms with E-state index in [0.717, 1.165) is 31.7 Å². The van der Waals surface area contributed by atoms with E-state index in [2.05, 4.69) is 4.98 Å². The Morgan fingerprint density at radius 1 is 1.28 bits per heavy atom. The summed E-state index contributed by atoms with van der Waals surface area (Å²) in [6.45, 7) is 0. The zero-order valence-corrected chi connectivity index (χ0v) is 10.3. The van der Waals surface area contributed by atoms with Gasteiger partial charge in [0.15, 0.2) is 0 Å². The zero-order chi connectivity index (χ0) is 13.3. The average molecular weight is 280 g/mol. The number of hydrogen-bond donors (Lipinski definition) is 1. The molecule has 2 nitrogen and oxygen atoms in total. The maximum absolute atomic E-state index is 12.4. The average Bonchev–Trinajstić information content (AvgIpc) is 2.80. The molecule has 18 heavy (non-hydrogen) atoms. The number of aliphatic hydroxyl groups is 1. The molecular weight excluding hydrogens is 267 g/mol. The molecule has 1 atom stereocenters. The molecule has 1 aromatic heterocycles. The van der Waals surface area contributed by atoms with Crippen LogP contribution in [0.4, 0.5) is 13.2 Å². The summed E-state index contributed by atoms with van der Waals surface area (Å²) in [7, 11) is 0. The van der Waals surface area contributed by atoms with Crippen molar-refractivity contribution in [3.63, 3.8) is 0 Å². The van der Waals surface area contributed by atoms with Crippen LogP contribution in [-0.4, -0.2) is 10.1 Å². The first-order valence-corrected chi connectivity index (χ1v) is 6.19. The highest BCUT2D eigenvalue weighted by Gasteiger charge is 2.34. The molecule has 0 bridgehead atoms. The number of rotatable bonds is 2. The number of alkyl halides is 3. The van der Waals surface area contributed by atoms with E-state index in [9.17, 15) is 18.3 Å². The molecule has 1 aromatic rings. The van der Waals surface area contributed by atoms with Crippen LogP contribution in [-0.2, 0) is 6.18 Å². The molecule has 1 fully saturated rings. The largest absolute Gasteiger partial charge is 0.433 e. The van der Waals surface area contributed by atoms with Crippen LogP contribution in [0.1, 0.15) is 43.0 Å². The molecule has 0 spiro atoms. The molecule has 100 valence electrons. The smallest absolute Gasteiger partial charge is 0.388 e. The summed E-state index contributed by atoms with van der Waals surface area (Å²) >= 11 is 5.74. The van der Waals surface area contributed by atoms with Gasteiger partial charge in [-0.05, 0) is 24.8 Å². The van der Waals surface area contributed by atoms with E-state index in [-0.39, 0.29) is 16.6 Å². The van der Waals surface area contributed by atoms with Gasteiger partial charge in [-0.15, -0.1) is 0 Å². The van der Waals surface area contributed by atoms with E-state index in [4.69, 9.17) is 11.6 Å². The maximum Gasteiger partial charge on any atom is 0.433 e. The van der Waals surface area contributed by atoms with Crippen LogP contribution >= 0.6 is 11.6 Å². The summed E-state index contributed by atoms with van der Waals surface area (Å²) in [5, 5.41) is 9.83. The molecule has 0 aromatic carbocycles. The maximum atomic E-state index is 12.4. The minimum absolute atomic E-state index is 0.0704. The van der Waals surface area contributed by atoms with Crippen molar-refractivity contribution < 1.29 is 18.3 Å². The van der Waals surface area contributed by atoms with Crippen LogP contribution in [0.3, 0.4) is 0 Å². The van der Waals surface area contributed by atoms with Crippen molar-refractivity contribution in [1.82, 2.24) is 4.98 Å². The fourth-order valence-corrected chi connectivity index (χ4v) is 2.62. The lowest BCUT2D eigenvalue weighted by atomic mass is 9.95. The molecule has 0 saturated heterocycles. The summed E-state index contributed by atoms with van der Waals surface area (Å²) in [6, 6.07) is 2.08. The standard InChI is InChI=1S/C12H13ClF3NO/c13-11-8(10(18)7-3-1-2-4-7)5-6-9(17-11)12(14,15)16/h5-7,10,18H,1-4H2. The van der Waals surface area contributed by atoms with E-state index >= 15 is 0 Å². The van der Waals surface area contributed by atoms with Crippen molar-refractivity contribution >= 4 is 11.6 Å². The fraction of sp³-hybridized carbons (Fsp3) is 0.583. The van der Waals surface area contributed by atoms with Gasteiger partial charge in [-0.3, -0.25) is 0 Å². The van der Waals surface area contributed by atoms with Crippen molar-refractivity contribution in [2.24, 2.45) is 5.92 Å². The lowest BCUT2D eigenvalue weighted by Crippen LogP contribution is -2.13. The molecule has 0 amide bonds. The van der Waals surface area contributed by atoms with E-state index in [1.807, 2.05) is 0 Å². The third-order valence-electron chi connectivity index (χ3n) is 3.33. The van der Waals surface area contributed by atoms with Crippen LogP contribution in [0.5, 0.6) is 0 Å². The Morgan fingerprint density at radius 3 is 2.39 bits per heavy atom. The fourth-order valence-electron chi connectivity index (χ4n) is 2.35. The number of halogens is 4. The molecule has 1 N–H and O–H groups in total. The minimum atomic E-state index is -4.51. The Kier molecular flexibility index (Phi) is 3.82. The number of aliphatic hydroxyl groups excluding tert-OH is 1. The summed E-state index contributed by atoms with van der Waals surface area (Å²) in [5.74, 6) is 0.0704. The molecule has 1 unspecified atom stereocenters. The predicted octanol–water partition coefficient (Wildman–Crippen LogP) is 3.98. The molecule has 1 saturated carbocycles. The number of aromatic nitrogens is 1. The SMILES string of the molecule is OC(c1ccc(C(F)(F)F)nc1Cl)C1CCCC1. The number of hydrogen-bond acceptors (Lipinski definition) is 2. The lowest BCUT2D eigenvalue weighted by molar-refractivity contribution is -0.141. The van der Waals surface area contributed by atoms with Gasteiger partial charge in [-0.2, -0.15) is 13.2 Å². The Balaban J connectivity index is 2.24. The summed E-state index contributed by atoms with van der Waals surface area (Å²) in [5.41, 5.74) is -0.744. The van der Waals surface area contributed by atoms with Gasteiger partial charge in [0.2, 0.25) is 0 Å². The van der Waals surface area contributed by atoms with Crippen LogP contribution < -0.4 is 0 Å². The highest BCUT2D eigenvalue weighted by molar-refractivity contribution is 6.30. The van der Waals surface area contributed by atoms with Crippen LogP contribution in [0, 0.1) is 5.92 Å². The summed E-state index contributed by atoms with van der Waals surface area (Å²) < 4.78 is 37.3. The van der Waals surface area contributed by atoms with Gasteiger partial charge in [-0.1, -0.05) is 30.5 Å². The van der Waals surface area contributed by atoms with Crippen molar-refractivity contribution in [2.45, 2.75) is 38.0 Å². The van der Waals surface area contributed by atoms with Gasteiger partial charge < -0.3 is 5.11 Å². The topological polar surface area (TPSA) is 33.1 Å².